The van der Waals surface area contributed by atoms with Crippen molar-refractivity contribution in [2.24, 2.45) is 0 Å². The molecule has 0 saturated carbocycles. The topological polar surface area (TPSA) is 73.9 Å². The van der Waals surface area contributed by atoms with Crippen LogP contribution in [0.15, 0.2) is 48.5 Å². The quantitative estimate of drug-likeness (QED) is 0.775. The molecule has 0 aromatic heterocycles. The molecule has 1 fully saturated rings. The van der Waals surface area contributed by atoms with E-state index in [9.17, 15) is 9.59 Å². The second-order valence-electron chi connectivity index (χ2n) is 8.07. The predicted molar refractivity (Wildman–Crippen MR) is 123 cm³/mol. The SMILES string of the molecule is CNC(=O)[C@H]1CN(CC(=O)Nc2ccc(N3CCCCCC3)cc2)c2ccccc2O1. The molecule has 2 aromatic carbocycles. The van der Waals surface area contributed by atoms with Gasteiger partial charge in [-0.1, -0.05) is 25.0 Å². The van der Waals surface area contributed by atoms with Crippen LogP contribution in [0.2, 0.25) is 0 Å². The molecular formula is C24H30N4O3. The van der Waals surface area contributed by atoms with Gasteiger partial charge in [0.15, 0.2) is 6.10 Å². The number of nitrogens with zero attached hydrogens (tertiary/aromatic N) is 2. The summed E-state index contributed by atoms with van der Waals surface area (Å²) < 4.78 is 5.80. The summed E-state index contributed by atoms with van der Waals surface area (Å²) in [4.78, 5) is 29.2. The Labute approximate surface area is 183 Å². The number of hydrogen-bond donors (Lipinski definition) is 2. The first-order valence-electron chi connectivity index (χ1n) is 11.0. The Morgan fingerprint density at radius 2 is 1.71 bits per heavy atom. The molecule has 164 valence electrons. The first-order chi connectivity index (χ1) is 15.1. The van der Waals surface area contributed by atoms with Gasteiger partial charge < -0.3 is 25.2 Å². The smallest absolute Gasteiger partial charge is 0.262 e. The molecule has 31 heavy (non-hydrogen) atoms. The zero-order valence-electron chi connectivity index (χ0n) is 18.0. The summed E-state index contributed by atoms with van der Waals surface area (Å²) >= 11 is 0. The van der Waals surface area contributed by atoms with E-state index in [1.54, 1.807) is 7.05 Å². The van der Waals surface area contributed by atoms with Gasteiger partial charge in [-0.05, 0) is 49.2 Å². The van der Waals surface area contributed by atoms with Crippen LogP contribution in [0.25, 0.3) is 0 Å². The Bertz CT molecular complexity index is 907. The van der Waals surface area contributed by atoms with Gasteiger partial charge in [-0.25, -0.2) is 0 Å². The Balaban J connectivity index is 1.40. The number of likely N-dealkylation sites (N-methyl/N-ethyl adjacent to an activating group) is 1. The monoisotopic (exact) mass is 422 g/mol. The van der Waals surface area contributed by atoms with E-state index >= 15 is 0 Å². The lowest BCUT2D eigenvalue weighted by Gasteiger charge is -2.35. The molecule has 7 nitrogen and oxygen atoms in total. The minimum atomic E-state index is -0.652. The van der Waals surface area contributed by atoms with Crippen molar-refractivity contribution in [2.45, 2.75) is 31.8 Å². The molecule has 2 aromatic rings. The van der Waals surface area contributed by atoms with Crippen LogP contribution >= 0.6 is 0 Å². The van der Waals surface area contributed by atoms with Gasteiger partial charge in [-0.15, -0.1) is 0 Å². The van der Waals surface area contributed by atoms with Crippen molar-refractivity contribution >= 4 is 28.9 Å². The summed E-state index contributed by atoms with van der Waals surface area (Å²) in [5.74, 6) is 0.274. The Hall–Kier alpha value is -3.22. The van der Waals surface area contributed by atoms with Crippen molar-refractivity contribution in [3.8, 4) is 5.75 Å². The number of amides is 2. The second-order valence-corrected chi connectivity index (χ2v) is 8.07. The molecule has 2 N–H and O–H groups in total. The highest BCUT2D eigenvalue weighted by Gasteiger charge is 2.31. The number of carbonyl (C=O) groups is 2. The van der Waals surface area contributed by atoms with E-state index in [0.29, 0.717) is 12.3 Å². The van der Waals surface area contributed by atoms with Crippen molar-refractivity contribution in [3.63, 3.8) is 0 Å². The van der Waals surface area contributed by atoms with E-state index in [0.717, 1.165) is 24.5 Å². The molecular weight excluding hydrogens is 392 g/mol. The Kier molecular flexibility index (Phi) is 6.60. The molecule has 2 aliphatic rings. The largest absolute Gasteiger partial charge is 0.477 e. The maximum atomic E-state index is 12.8. The molecule has 7 heteroatoms. The fraction of sp³-hybridized carbons (Fsp3) is 0.417. The van der Waals surface area contributed by atoms with E-state index in [2.05, 4.69) is 27.7 Å². The van der Waals surface area contributed by atoms with E-state index in [4.69, 9.17) is 4.74 Å². The predicted octanol–water partition coefficient (Wildman–Crippen LogP) is 3.02. The van der Waals surface area contributed by atoms with Crippen molar-refractivity contribution in [2.75, 3.05) is 48.3 Å². The number of para-hydroxylation sites is 2. The van der Waals surface area contributed by atoms with Crippen molar-refractivity contribution in [1.29, 1.82) is 0 Å². The summed E-state index contributed by atoms with van der Waals surface area (Å²) in [6, 6.07) is 15.5. The molecule has 2 aliphatic heterocycles. The molecule has 0 unspecified atom stereocenters. The summed E-state index contributed by atoms with van der Waals surface area (Å²) in [7, 11) is 1.58. The normalized spacial score (nSPS) is 18.4. The maximum Gasteiger partial charge on any atom is 0.262 e. The second kappa shape index (κ2) is 9.73. The maximum absolute atomic E-state index is 12.8. The molecule has 4 rings (SSSR count). The van der Waals surface area contributed by atoms with E-state index in [-0.39, 0.29) is 18.4 Å². The molecule has 0 spiro atoms. The Morgan fingerprint density at radius 1 is 1.00 bits per heavy atom. The van der Waals surface area contributed by atoms with Crippen LogP contribution < -0.4 is 25.2 Å². The lowest BCUT2D eigenvalue weighted by atomic mass is 10.1. The number of carbonyl (C=O) groups excluding carboxylic acids is 2. The summed E-state index contributed by atoms with van der Waals surface area (Å²) in [6.45, 7) is 2.64. The lowest BCUT2D eigenvalue weighted by Crippen LogP contribution is -2.50. The minimum absolute atomic E-state index is 0.130. The average Bonchev–Trinajstić information content (AvgIpc) is 3.08. The summed E-state index contributed by atoms with van der Waals surface area (Å²) in [6.07, 6.45) is 4.42. The van der Waals surface area contributed by atoms with Crippen LogP contribution in [0.4, 0.5) is 17.1 Å². The Morgan fingerprint density at radius 3 is 2.42 bits per heavy atom. The number of fused-ring (bicyclic) bond motifs is 1. The minimum Gasteiger partial charge on any atom is -0.477 e. The number of rotatable bonds is 5. The van der Waals surface area contributed by atoms with Crippen LogP contribution in [0.5, 0.6) is 5.75 Å². The van der Waals surface area contributed by atoms with E-state index in [1.807, 2.05) is 41.3 Å². The van der Waals surface area contributed by atoms with Crippen LogP contribution in [-0.4, -0.2) is 51.1 Å². The number of nitrogens with one attached hydrogen (secondary N) is 2. The zero-order chi connectivity index (χ0) is 21.6. The standard InChI is InChI=1S/C24H30N4O3/c1-25-24(30)22-16-28(20-8-4-5-9-21(20)31-22)17-23(29)26-18-10-12-19(13-11-18)27-14-6-2-3-7-15-27/h4-5,8-13,22H,2-3,6-7,14-17H2,1H3,(H,25,30)(H,26,29)/t22-/m1/s1. The molecule has 1 atom stereocenters. The summed E-state index contributed by atoms with van der Waals surface area (Å²) in [5.41, 5.74) is 2.79. The summed E-state index contributed by atoms with van der Waals surface area (Å²) in [5, 5.41) is 5.60. The number of benzene rings is 2. The third-order valence-electron chi connectivity index (χ3n) is 5.86. The van der Waals surface area contributed by atoms with Crippen molar-refractivity contribution in [3.05, 3.63) is 48.5 Å². The van der Waals surface area contributed by atoms with Crippen LogP contribution in [0.1, 0.15) is 25.7 Å². The molecule has 2 amide bonds. The lowest BCUT2D eigenvalue weighted by molar-refractivity contribution is -0.127. The molecule has 1 saturated heterocycles. The first kappa shape index (κ1) is 21.0. The third-order valence-corrected chi connectivity index (χ3v) is 5.86. The van der Waals surface area contributed by atoms with E-state index in [1.165, 1.54) is 31.4 Å². The van der Waals surface area contributed by atoms with Gasteiger partial charge >= 0.3 is 0 Å². The molecule has 2 heterocycles. The van der Waals surface area contributed by atoms with E-state index < -0.39 is 6.10 Å². The van der Waals surface area contributed by atoms with Gasteiger partial charge in [-0.3, -0.25) is 9.59 Å². The van der Waals surface area contributed by atoms with Crippen LogP contribution in [0, 0.1) is 0 Å². The molecule has 0 aliphatic carbocycles. The molecule has 0 radical (unpaired) electrons. The number of anilines is 3. The third kappa shape index (κ3) is 5.10. The highest BCUT2D eigenvalue weighted by Crippen LogP contribution is 2.33. The molecule has 0 bridgehead atoms. The van der Waals surface area contributed by atoms with Crippen molar-refractivity contribution < 1.29 is 14.3 Å². The van der Waals surface area contributed by atoms with Gasteiger partial charge in [0.25, 0.3) is 5.91 Å². The van der Waals surface area contributed by atoms with Gasteiger partial charge in [0, 0.05) is 31.5 Å². The van der Waals surface area contributed by atoms with Gasteiger partial charge in [0.1, 0.15) is 5.75 Å². The number of hydrogen-bond acceptors (Lipinski definition) is 5. The highest BCUT2D eigenvalue weighted by molar-refractivity contribution is 5.95. The fourth-order valence-electron chi connectivity index (χ4n) is 4.21. The van der Waals surface area contributed by atoms with Crippen LogP contribution in [-0.2, 0) is 9.59 Å². The van der Waals surface area contributed by atoms with Crippen molar-refractivity contribution in [1.82, 2.24) is 5.32 Å². The zero-order valence-corrected chi connectivity index (χ0v) is 18.0. The highest BCUT2D eigenvalue weighted by atomic mass is 16.5. The van der Waals surface area contributed by atoms with Gasteiger partial charge in [-0.2, -0.15) is 0 Å². The fourth-order valence-corrected chi connectivity index (χ4v) is 4.21. The average molecular weight is 423 g/mol. The first-order valence-corrected chi connectivity index (χ1v) is 11.0. The van der Waals surface area contributed by atoms with Gasteiger partial charge in [0.05, 0.1) is 18.8 Å². The van der Waals surface area contributed by atoms with Crippen LogP contribution in [0.3, 0.4) is 0 Å². The number of ether oxygens (including phenoxy) is 1. The van der Waals surface area contributed by atoms with Gasteiger partial charge in [0.2, 0.25) is 5.91 Å².